The van der Waals surface area contributed by atoms with Crippen molar-refractivity contribution >= 4 is 29.0 Å². The van der Waals surface area contributed by atoms with Gasteiger partial charge in [0.05, 0.1) is 5.69 Å². The molecule has 1 fully saturated rings. The van der Waals surface area contributed by atoms with E-state index in [4.69, 9.17) is 5.73 Å². The van der Waals surface area contributed by atoms with E-state index < -0.39 is 0 Å². The molecule has 0 saturated carbocycles. The summed E-state index contributed by atoms with van der Waals surface area (Å²) in [5.74, 6) is -0.476. The van der Waals surface area contributed by atoms with E-state index in [1.165, 1.54) is 5.56 Å². The van der Waals surface area contributed by atoms with E-state index in [9.17, 15) is 9.59 Å². The highest BCUT2D eigenvalue weighted by Crippen LogP contribution is 2.24. The van der Waals surface area contributed by atoms with Crippen LogP contribution in [0.2, 0.25) is 0 Å². The lowest BCUT2D eigenvalue weighted by molar-refractivity contribution is 0.0789. The van der Waals surface area contributed by atoms with Crippen LogP contribution in [0.25, 0.3) is 0 Å². The zero-order valence-electron chi connectivity index (χ0n) is 14.2. The maximum Gasteiger partial charge on any atom is 0.275 e. The molecule has 0 atom stereocenters. The van der Waals surface area contributed by atoms with Crippen LogP contribution >= 0.6 is 11.5 Å². The topological polar surface area (TPSA) is 88.3 Å². The fraction of sp³-hybridized carbons (Fsp3) is 0.389. The van der Waals surface area contributed by atoms with Crippen LogP contribution in [-0.4, -0.2) is 34.2 Å². The SMILES string of the molecule is CCc1ccc(CNC(=O)c2snc(C(=O)N3CCCC3)c2N)cc1. The maximum atomic E-state index is 12.4. The molecule has 7 heteroatoms. The molecule has 0 unspecified atom stereocenters. The number of hydrogen-bond acceptors (Lipinski definition) is 5. The second kappa shape index (κ2) is 7.65. The van der Waals surface area contributed by atoms with E-state index in [0.29, 0.717) is 11.4 Å². The zero-order chi connectivity index (χ0) is 17.8. The Kier molecular flexibility index (Phi) is 5.33. The quantitative estimate of drug-likeness (QED) is 0.859. The number of benzene rings is 1. The molecular weight excluding hydrogens is 336 g/mol. The van der Waals surface area contributed by atoms with Gasteiger partial charge in [-0.3, -0.25) is 9.59 Å². The van der Waals surface area contributed by atoms with Gasteiger partial charge in [0.1, 0.15) is 4.88 Å². The summed E-state index contributed by atoms with van der Waals surface area (Å²) in [6, 6.07) is 8.10. The van der Waals surface area contributed by atoms with Crippen LogP contribution in [0.4, 0.5) is 5.69 Å². The van der Waals surface area contributed by atoms with Crippen molar-refractivity contribution in [1.82, 2.24) is 14.6 Å². The van der Waals surface area contributed by atoms with E-state index in [0.717, 1.165) is 49.4 Å². The van der Waals surface area contributed by atoms with Crippen molar-refractivity contribution in [3.63, 3.8) is 0 Å². The molecule has 3 rings (SSSR count). The third-order valence-electron chi connectivity index (χ3n) is 4.41. The predicted octanol–water partition coefficient (Wildman–Crippen LogP) is 2.45. The van der Waals surface area contributed by atoms with Crippen molar-refractivity contribution < 1.29 is 9.59 Å². The normalized spacial score (nSPS) is 13.9. The summed E-state index contributed by atoms with van der Waals surface area (Å²) < 4.78 is 4.12. The van der Waals surface area contributed by atoms with Gasteiger partial charge >= 0.3 is 0 Å². The lowest BCUT2D eigenvalue weighted by Crippen LogP contribution is -2.29. The summed E-state index contributed by atoms with van der Waals surface area (Å²) >= 11 is 0.978. The third-order valence-corrected chi connectivity index (χ3v) is 5.28. The number of amides is 2. The smallest absolute Gasteiger partial charge is 0.275 e. The van der Waals surface area contributed by atoms with Crippen molar-refractivity contribution in [2.24, 2.45) is 0 Å². The Labute approximate surface area is 151 Å². The molecule has 3 N–H and O–H groups in total. The Bertz CT molecular complexity index is 764. The lowest BCUT2D eigenvalue weighted by Gasteiger charge is -2.13. The Morgan fingerprint density at radius 3 is 2.48 bits per heavy atom. The molecular formula is C18H22N4O2S. The molecule has 0 radical (unpaired) electrons. The number of carbonyl (C=O) groups is 2. The highest BCUT2D eigenvalue weighted by atomic mass is 32.1. The molecule has 1 aliphatic heterocycles. The number of carbonyl (C=O) groups excluding carboxylic acids is 2. The number of hydrogen-bond donors (Lipinski definition) is 2. The maximum absolute atomic E-state index is 12.4. The van der Waals surface area contributed by atoms with Gasteiger partial charge in [0.25, 0.3) is 11.8 Å². The third kappa shape index (κ3) is 3.82. The molecule has 2 amide bonds. The van der Waals surface area contributed by atoms with Gasteiger partial charge in [0, 0.05) is 19.6 Å². The average molecular weight is 358 g/mol. The number of likely N-dealkylation sites (tertiary alicyclic amines) is 1. The highest BCUT2D eigenvalue weighted by Gasteiger charge is 2.27. The van der Waals surface area contributed by atoms with Crippen molar-refractivity contribution in [3.8, 4) is 0 Å². The van der Waals surface area contributed by atoms with Gasteiger partial charge in [-0.2, -0.15) is 4.37 Å². The molecule has 0 aliphatic carbocycles. The monoisotopic (exact) mass is 358 g/mol. The van der Waals surface area contributed by atoms with Crippen LogP contribution in [0.3, 0.4) is 0 Å². The second-order valence-corrected chi connectivity index (χ2v) is 6.90. The number of aromatic nitrogens is 1. The van der Waals surface area contributed by atoms with Gasteiger partial charge in [-0.05, 0) is 41.9 Å². The predicted molar refractivity (Wildman–Crippen MR) is 98.7 cm³/mol. The molecule has 132 valence electrons. The van der Waals surface area contributed by atoms with E-state index in [2.05, 4.69) is 28.7 Å². The van der Waals surface area contributed by atoms with Crippen LogP contribution in [0.15, 0.2) is 24.3 Å². The summed E-state index contributed by atoms with van der Waals surface area (Å²) in [6.07, 6.45) is 2.98. The summed E-state index contributed by atoms with van der Waals surface area (Å²) in [5, 5.41) is 2.84. The minimum absolute atomic E-state index is 0.180. The van der Waals surface area contributed by atoms with Crippen LogP contribution in [-0.2, 0) is 13.0 Å². The first-order valence-corrected chi connectivity index (χ1v) is 9.28. The molecule has 0 bridgehead atoms. The molecule has 1 aliphatic rings. The first-order valence-electron chi connectivity index (χ1n) is 8.50. The van der Waals surface area contributed by atoms with Gasteiger partial charge in [-0.15, -0.1) is 0 Å². The Morgan fingerprint density at radius 1 is 1.20 bits per heavy atom. The first kappa shape index (κ1) is 17.4. The lowest BCUT2D eigenvalue weighted by atomic mass is 10.1. The molecule has 25 heavy (non-hydrogen) atoms. The van der Waals surface area contributed by atoms with Gasteiger partial charge in [0.2, 0.25) is 0 Å². The van der Waals surface area contributed by atoms with E-state index in [-0.39, 0.29) is 23.2 Å². The number of nitrogens with zero attached hydrogens (tertiary/aromatic N) is 2. The number of rotatable bonds is 5. The van der Waals surface area contributed by atoms with Crippen molar-refractivity contribution in [2.45, 2.75) is 32.7 Å². The van der Waals surface area contributed by atoms with E-state index in [1.54, 1.807) is 4.90 Å². The minimum Gasteiger partial charge on any atom is -0.395 e. The van der Waals surface area contributed by atoms with Gasteiger partial charge < -0.3 is 16.0 Å². The van der Waals surface area contributed by atoms with E-state index >= 15 is 0 Å². The number of nitrogens with one attached hydrogen (secondary N) is 1. The first-order chi connectivity index (χ1) is 12.1. The molecule has 2 aromatic rings. The molecule has 2 heterocycles. The Balaban J connectivity index is 1.64. The number of nitrogens with two attached hydrogens (primary N) is 1. The molecule has 1 aromatic heterocycles. The van der Waals surface area contributed by atoms with Crippen LogP contribution < -0.4 is 11.1 Å². The summed E-state index contributed by atoms with van der Waals surface area (Å²) in [6.45, 7) is 3.97. The van der Waals surface area contributed by atoms with Gasteiger partial charge in [0.15, 0.2) is 5.69 Å². The van der Waals surface area contributed by atoms with E-state index in [1.807, 2.05) is 12.1 Å². The van der Waals surface area contributed by atoms with Crippen LogP contribution in [0.5, 0.6) is 0 Å². The van der Waals surface area contributed by atoms with Crippen molar-refractivity contribution in [3.05, 3.63) is 46.0 Å². The van der Waals surface area contributed by atoms with Gasteiger partial charge in [-0.1, -0.05) is 31.2 Å². The zero-order valence-corrected chi connectivity index (χ0v) is 15.1. The Hall–Kier alpha value is -2.41. The largest absolute Gasteiger partial charge is 0.395 e. The Morgan fingerprint density at radius 2 is 1.84 bits per heavy atom. The summed E-state index contributed by atoms with van der Waals surface area (Å²) in [4.78, 5) is 26.8. The van der Waals surface area contributed by atoms with Crippen molar-refractivity contribution in [1.29, 1.82) is 0 Å². The number of anilines is 1. The highest BCUT2D eigenvalue weighted by molar-refractivity contribution is 7.09. The second-order valence-electron chi connectivity index (χ2n) is 6.13. The summed E-state index contributed by atoms with van der Waals surface area (Å²) in [5.41, 5.74) is 8.67. The van der Waals surface area contributed by atoms with Gasteiger partial charge in [-0.25, -0.2) is 0 Å². The number of nitrogen functional groups attached to an aromatic ring is 1. The van der Waals surface area contributed by atoms with Crippen LogP contribution in [0, 0.1) is 0 Å². The standard InChI is InChI=1S/C18H22N4O2S/c1-2-12-5-7-13(8-6-12)11-20-17(23)16-14(19)15(21-25-16)18(24)22-9-3-4-10-22/h5-8H,2-4,9-11,19H2,1H3,(H,20,23). The fourth-order valence-corrected chi connectivity index (χ4v) is 3.55. The average Bonchev–Trinajstić information content (AvgIpc) is 3.29. The van der Waals surface area contributed by atoms with Crippen LogP contribution in [0.1, 0.15) is 51.1 Å². The fourth-order valence-electron chi connectivity index (χ4n) is 2.84. The molecule has 1 saturated heterocycles. The van der Waals surface area contributed by atoms with Crippen molar-refractivity contribution in [2.75, 3.05) is 18.8 Å². The molecule has 1 aromatic carbocycles. The minimum atomic E-state index is -0.296. The molecule has 0 spiro atoms. The number of aryl methyl sites for hydroxylation is 1. The summed E-state index contributed by atoms with van der Waals surface area (Å²) in [7, 11) is 0. The molecule has 6 nitrogen and oxygen atoms in total.